The highest BCUT2D eigenvalue weighted by molar-refractivity contribution is 6.48. The number of ether oxygens (including phenoxy) is 4. The van der Waals surface area contributed by atoms with E-state index in [1.165, 1.54) is 52.7 Å². The van der Waals surface area contributed by atoms with Crippen LogP contribution in [-0.2, 0) is 28.8 Å². The molecule has 4 bridgehead atoms. The monoisotopic (exact) mass is 640 g/mol. The number of benzene rings is 2. The van der Waals surface area contributed by atoms with Crippen LogP contribution in [-0.4, -0.2) is 63.1 Å². The minimum atomic E-state index is -0.850. The summed E-state index contributed by atoms with van der Waals surface area (Å²) in [7, 11) is 5.96. The molecule has 0 amide bonds. The largest absolute Gasteiger partial charge is 0.493 e. The summed E-state index contributed by atoms with van der Waals surface area (Å²) in [5.41, 5.74) is 5.52. The second kappa shape index (κ2) is 9.34. The van der Waals surface area contributed by atoms with E-state index >= 15 is 9.59 Å². The number of rotatable bonds is 4. The van der Waals surface area contributed by atoms with Gasteiger partial charge in [0.2, 0.25) is 23.1 Å². The first-order chi connectivity index (χ1) is 23.1. The first kappa shape index (κ1) is 28.3. The molecule has 9 aliphatic carbocycles. The summed E-state index contributed by atoms with van der Waals surface area (Å²) in [6.45, 7) is 0. The van der Waals surface area contributed by atoms with E-state index in [2.05, 4.69) is 0 Å². The third-order valence-corrected chi connectivity index (χ3v) is 10.7. The Morgan fingerprint density at radius 3 is 0.771 bits per heavy atom. The fourth-order valence-corrected chi connectivity index (χ4v) is 8.84. The number of Topliss-reactive ketones (excluding diaryl/α,β-unsaturated/α-hetero) is 2. The van der Waals surface area contributed by atoms with Gasteiger partial charge in [0.25, 0.3) is 0 Å². The van der Waals surface area contributed by atoms with E-state index in [0.717, 1.165) is 0 Å². The lowest BCUT2D eigenvalue weighted by Crippen LogP contribution is -2.46. The van der Waals surface area contributed by atoms with Gasteiger partial charge in [-0.1, -0.05) is 0 Å². The van der Waals surface area contributed by atoms with E-state index < -0.39 is 46.8 Å². The summed E-state index contributed by atoms with van der Waals surface area (Å²) < 4.78 is 22.4. The third kappa shape index (κ3) is 3.21. The van der Waals surface area contributed by atoms with Crippen LogP contribution in [0.3, 0.4) is 0 Å². The number of methoxy groups -OCH3 is 4. The van der Waals surface area contributed by atoms with Gasteiger partial charge in [-0.25, -0.2) is 0 Å². The van der Waals surface area contributed by atoms with Gasteiger partial charge in [0.05, 0.1) is 28.4 Å². The zero-order valence-electron chi connectivity index (χ0n) is 26.0. The molecule has 0 saturated carbocycles. The lowest BCUT2D eigenvalue weighted by atomic mass is 9.49. The molecule has 0 N–H and O–H groups in total. The Hall–Kier alpha value is -5.90. The number of hydrogen-bond acceptors (Lipinski definition) is 10. The normalized spacial score (nSPS) is 25.7. The number of carbonyl (C=O) groups excluding carboxylic acids is 6. The molecule has 9 aliphatic rings. The first-order valence-electron chi connectivity index (χ1n) is 15.3. The standard InChI is InChI=1S/C38H24O10/c1-45-25-9-17-18(10-26(25)46-2)30-14-6-22(40)21(39)5-13(14)29(17)33-34(30)38(44)36-32-16-8-24(42)23(41)7-15(16)31(35(36)37(33)43)19-11-27(47-3)28(48-4)12-20(19)32/h5-12,29-32H,1-4H3/t29-,30?,31-,32?/m0/s1. The highest BCUT2D eigenvalue weighted by Crippen LogP contribution is 2.67. The molecule has 0 fully saturated rings. The van der Waals surface area contributed by atoms with Crippen molar-refractivity contribution in [2.24, 2.45) is 0 Å². The Morgan fingerprint density at radius 1 is 0.375 bits per heavy atom. The Bertz CT molecular complexity index is 1990. The van der Waals surface area contributed by atoms with Crippen LogP contribution < -0.4 is 18.9 Å². The molecule has 0 heterocycles. The zero-order valence-corrected chi connectivity index (χ0v) is 26.0. The summed E-state index contributed by atoms with van der Waals surface area (Å²) in [6.07, 6.45) is 5.09. The van der Waals surface area contributed by atoms with Crippen molar-refractivity contribution in [1.29, 1.82) is 0 Å². The Labute approximate surface area is 272 Å². The summed E-state index contributed by atoms with van der Waals surface area (Å²) >= 11 is 0. The maximum absolute atomic E-state index is 15.2. The molecule has 11 rings (SSSR count). The molecule has 0 aromatic heterocycles. The lowest BCUT2D eigenvalue weighted by Gasteiger charge is -2.51. The van der Waals surface area contributed by atoms with E-state index in [-0.39, 0.29) is 33.9 Å². The lowest BCUT2D eigenvalue weighted by molar-refractivity contribution is -0.131. The summed E-state index contributed by atoms with van der Waals surface area (Å²) in [6, 6.07) is 7.02. The van der Waals surface area contributed by atoms with Gasteiger partial charge in [0.1, 0.15) is 0 Å². The fraction of sp³-hybridized carbons (Fsp3) is 0.211. The SMILES string of the molecule is COc1cc2c(cc1OC)[C@@H]1C3=CC(=O)C(=O)C=C3C2C2=C1C(=O)C1=C(C2=O)C2C3=CC(=O)C(=O)C=C3[C@H]1c1cc(OC)c(OC)cc12. The fourth-order valence-electron chi connectivity index (χ4n) is 8.84. The van der Waals surface area contributed by atoms with Crippen molar-refractivity contribution in [2.75, 3.05) is 28.4 Å². The van der Waals surface area contributed by atoms with Crippen LogP contribution >= 0.6 is 0 Å². The Morgan fingerprint density at radius 2 is 0.583 bits per heavy atom. The van der Waals surface area contributed by atoms with Gasteiger partial charge >= 0.3 is 0 Å². The average molecular weight is 641 g/mol. The van der Waals surface area contributed by atoms with Crippen LogP contribution in [0.1, 0.15) is 45.9 Å². The number of carbonyl (C=O) groups is 6. The molecular formula is C38H24O10. The molecule has 10 nitrogen and oxygen atoms in total. The van der Waals surface area contributed by atoms with Crippen LogP contribution in [0.2, 0.25) is 0 Å². The second-order valence-corrected chi connectivity index (χ2v) is 12.6. The molecule has 236 valence electrons. The van der Waals surface area contributed by atoms with Gasteiger partial charge in [0.15, 0.2) is 34.6 Å². The maximum Gasteiger partial charge on any atom is 0.226 e. The van der Waals surface area contributed by atoms with Gasteiger partial charge in [-0.15, -0.1) is 0 Å². The van der Waals surface area contributed by atoms with Crippen LogP contribution in [0, 0.1) is 0 Å². The molecule has 0 aliphatic heterocycles. The number of ketones is 6. The van der Waals surface area contributed by atoms with Crippen molar-refractivity contribution in [3.05, 3.63) is 115 Å². The summed E-state index contributed by atoms with van der Waals surface area (Å²) in [4.78, 5) is 81.4. The quantitative estimate of drug-likeness (QED) is 0.277. The van der Waals surface area contributed by atoms with Crippen molar-refractivity contribution in [3.63, 3.8) is 0 Å². The number of hydrogen-bond donors (Lipinski definition) is 0. The van der Waals surface area contributed by atoms with Crippen molar-refractivity contribution < 1.29 is 47.7 Å². The smallest absolute Gasteiger partial charge is 0.226 e. The van der Waals surface area contributed by atoms with Gasteiger partial charge in [0, 0.05) is 46.0 Å². The van der Waals surface area contributed by atoms with Crippen molar-refractivity contribution in [1.82, 2.24) is 0 Å². The first-order valence-corrected chi connectivity index (χ1v) is 15.3. The van der Waals surface area contributed by atoms with Crippen molar-refractivity contribution >= 4 is 34.7 Å². The molecule has 48 heavy (non-hydrogen) atoms. The zero-order chi connectivity index (χ0) is 33.5. The molecule has 0 radical (unpaired) electrons. The topological polar surface area (TPSA) is 139 Å². The molecule has 0 saturated heterocycles. The predicted molar refractivity (Wildman–Crippen MR) is 166 cm³/mol. The predicted octanol–water partition coefficient (Wildman–Crippen LogP) is 3.56. The van der Waals surface area contributed by atoms with Crippen LogP contribution in [0.25, 0.3) is 0 Å². The molecule has 10 heteroatoms. The van der Waals surface area contributed by atoms with E-state index in [4.69, 9.17) is 18.9 Å². The number of allylic oxidation sites excluding steroid dienone is 12. The summed E-state index contributed by atoms with van der Waals surface area (Å²) in [5.74, 6) is -5.40. The van der Waals surface area contributed by atoms with E-state index in [9.17, 15) is 19.2 Å². The van der Waals surface area contributed by atoms with Gasteiger partial charge < -0.3 is 18.9 Å². The van der Waals surface area contributed by atoms with Gasteiger partial charge in [-0.05, 0) is 93.1 Å². The van der Waals surface area contributed by atoms with Crippen LogP contribution in [0.5, 0.6) is 23.0 Å². The average Bonchev–Trinajstić information content (AvgIpc) is 3.09. The van der Waals surface area contributed by atoms with Gasteiger partial charge in [-0.2, -0.15) is 0 Å². The Kier molecular flexibility index (Phi) is 5.52. The Balaban J connectivity index is 1.34. The highest BCUT2D eigenvalue weighted by atomic mass is 16.5. The minimum Gasteiger partial charge on any atom is -0.493 e. The molecule has 4 atom stereocenters. The minimum absolute atomic E-state index is 0.230. The van der Waals surface area contributed by atoms with Crippen LogP contribution in [0.4, 0.5) is 0 Å². The van der Waals surface area contributed by atoms with E-state index in [1.807, 2.05) is 0 Å². The molecule has 2 aromatic carbocycles. The van der Waals surface area contributed by atoms with Crippen LogP contribution in [0.15, 0.2) is 93.2 Å². The summed E-state index contributed by atoms with van der Waals surface area (Å²) in [5, 5.41) is 0. The maximum atomic E-state index is 15.2. The highest BCUT2D eigenvalue weighted by Gasteiger charge is 2.59. The molecule has 2 aromatic rings. The molecule has 0 spiro atoms. The van der Waals surface area contributed by atoms with Gasteiger partial charge in [-0.3, -0.25) is 28.8 Å². The molecule has 2 unspecified atom stereocenters. The second-order valence-electron chi connectivity index (χ2n) is 12.6. The molecular weight excluding hydrogens is 616 g/mol. The van der Waals surface area contributed by atoms with Crippen molar-refractivity contribution in [3.8, 4) is 23.0 Å². The van der Waals surface area contributed by atoms with E-state index in [1.54, 1.807) is 24.3 Å². The van der Waals surface area contributed by atoms with Crippen molar-refractivity contribution in [2.45, 2.75) is 23.7 Å². The van der Waals surface area contributed by atoms with E-state index in [0.29, 0.717) is 67.5 Å². The third-order valence-electron chi connectivity index (χ3n) is 10.7.